The second kappa shape index (κ2) is 5.59. The van der Waals surface area contributed by atoms with Gasteiger partial charge in [-0.05, 0) is 63.9 Å². The molecule has 1 aromatic rings. The number of likely N-dealkylation sites (tertiary alicyclic amines) is 1. The molecular formula is C21H29NO2. The van der Waals surface area contributed by atoms with Gasteiger partial charge in [-0.1, -0.05) is 29.8 Å². The summed E-state index contributed by atoms with van der Waals surface area (Å²) in [7, 11) is 0. The molecule has 1 heterocycles. The van der Waals surface area contributed by atoms with E-state index in [0.717, 1.165) is 13.1 Å². The lowest BCUT2D eigenvalue weighted by atomic mass is 9.63. The average molecular weight is 327 g/mol. The Bertz CT molecular complexity index is 627. The van der Waals surface area contributed by atoms with Crippen LogP contribution in [0.1, 0.15) is 62.5 Å². The number of hydrogen-bond donors (Lipinski definition) is 1. The van der Waals surface area contributed by atoms with Crippen molar-refractivity contribution in [3.05, 3.63) is 35.4 Å². The molecule has 2 aliphatic carbocycles. The molecule has 3 nitrogen and oxygen atoms in total. The third-order valence-corrected chi connectivity index (χ3v) is 6.65. The summed E-state index contributed by atoms with van der Waals surface area (Å²) in [4.78, 5) is 14.5. The molecule has 130 valence electrons. The van der Waals surface area contributed by atoms with Crippen LogP contribution in [0.25, 0.3) is 0 Å². The molecule has 4 rings (SSSR count). The van der Waals surface area contributed by atoms with Crippen LogP contribution >= 0.6 is 0 Å². The van der Waals surface area contributed by atoms with Gasteiger partial charge in [0.05, 0.1) is 5.60 Å². The highest BCUT2D eigenvalue weighted by Crippen LogP contribution is 2.49. The summed E-state index contributed by atoms with van der Waals surface area (Å²) in [5.41, 5.74) is 2.63. The smallest absolute Gasteiger partial charge is 0.225 e. The number of hydrogen-bond acceptors (Lipinski definition) is 2. The quantitative estimate of drug-likeness (QED) is 0.901. The van der Waals surface area contributed by atoms with Crippen LogP contribution in [-0.4, -0.2) is 34.6 Å². The first-order valence-electron chi connectivity index (χ1n) is 9.44. The Hall–Kier alpha value is -1.35. The van der Waals surface area contributed by atoms with Gasteiger partial charge in [-0.25, -0.2) is 0 Å². The number of benzene rings is 1. The lowest BCUT2D eigenvalue weighted by Gasteiger charge is -2.55. The summed E-state index contributed by atoms with van der Waals surface area (Å²) >= 11 is 0. The first-order valence-corrected chi connectivity index (χ1v) is 9.44. The molecule has 1 aromatic carbocycles. The molecule has 0 radical (unpaired) electrons. The fraction of sp³-hybridized carbons (Fsp3) is 0.667. The Morgan fingerprint density at radius 1 is 1.21 bits per heavy atom. The van der Waals surface area contributed by atoms with Crippen molar-refractivity contribution in [1.82, 2.24) is 4.90 Å². The van der Waals surface area contributed by atoms with Crippen molar-refractivity contribution in [2.45, 2.75) is 63.9 Å². The SMILES string of the molecule is Cc1cccc(C2CCC3(CC2)CN(C(=O)[C@H]2C[C@@](C)(O)C2)C3)c1. The monoisotopic (exact) mass is 327 g/mol. The molecule has 3 aliphatic rings. The number of carbonyl (C=O) groups is 1. The zero-order chi connectivity index (χ0) is 16.9. The summed E-state index contributed by atoms with van der Waals surface area (Å²) in [6.07, 6.45) is 6.29. The predicted octanol–water partition coefficient (Wildman–Crippen LogP) is 3.64. The van der Waals surface area contributed by atoms with E-state index in [4.69, 9.17) is 0 Å². The second-order valence-corrected chi connectivity index (χ2v) is 8.98. The first kappa shape index (κ1) is 16.1. The van der Waals surface area contributed by atoms with Crippen molar-refractivity contribution in [1.29, 1.82) is 0 Å². The van der Waals surface area contributed by atoms with E-state index >= 15 is 0 Å². The number of nitrogens with zero attached hydrogens (tertiary/aromatic N) is 1. The van der Waals surface area contributed by atoms with Crippen LogP contribution in [0.5, 0.6) is 0 Å². The van der Waals surface area contributed by atoms with Crippen molar-refractivity contribution in [3.63, 3.8) is 0 Å². The lowest BCUT2D eigenvalue weighted by Crippen LogP contribution is -2.62. The Morgan fingerprint density at radius 2 is 1.88 bits per heavy atom. The standard InChI is InChI=1S/C21H29NO2/c1-15-4-3-5-17(10-15)16-6-8-21(9-7-16)13-22(14-21)19(23)18-11-20(2,24)12-18/h3-5,10,16,18,24H,6-9,11-14H2,1-2H3/t18-,20+. The van der Waals surface area contributed by atoms with E-state index in [1.807, 2.05) is 11.8 Å². The minimum absolute atomic E-state index is 0.0704. The van der Waals surface area contributed by atoms with E-state index < -0.39 is 5.60 Å². The molecule has 0 aromatic heterocycles. The summed E-state index contributed by atoms with van der Waals surface area (Å²) in [6, 6.07) is 8.95. The molecule has 1 N–H and O–H groups in total. The Kier molecular flexibility index (Phi) is 3.76. The van der Waals surface area contributed by atoms with Gasteiger partial charge in [0.2, 0.25) is 5.91 Å². The maximum Gasteiger partial charge on any atom is 0.225 e. The number of amides is 1. The van der Waals surface area contributed by atoms with Gasteiger partial charge in [-0.3, -0.25) is 4.79 Å². The molecular weight excluding hydrogens is 298 g/mol. The first-order chi connectivity index (χ1) is 11.4. The van der Waals surface area contributed by atoms with Gasteiger partial charge in [0.15, 0.2) is 0 Å². The fourth-order valence-corrected chi connectivity index (χ4v) is 5.16. The lowest BCUT2D eigenvalue weighted by molar-refractivity contribution is -0.163. The highest BCUT2D eigenvalue weighted by Gasteiger charge is 2.51. The van der Waals surface area contributed by atoms with E-state index in [1.54, 1.807) is 0 Å². The second-order valence-electron chi connectivity index (χ2n) is 8.98. The highest BCUT2D eigenvalue weighted by molar-refractivity contribution is 5.81. The van der Waals surface area contributed by atoms with Crippen LogP contribution in [0.15, 0.2) is 24.3 Å². The molecule has 0 atom stereocenters. The van der Waals surface area contributed by atoms with Gasteiger partial charge >= 0.3 is 0 Å². The topological polar surface area (TPSA) is 40.5 Å². The summed E-state index contributed by atoms with van der Waals surface area (Å²) in [5, 5.41) is 9.83. The van der Waals surface area contributed by atoms with Crippen LogP contribution in [0.3, 0.4) is 0 Å². The van der Waals surface area contributed by atoms with Gasteiger partial charge in [-0.2, -0.15) is 0 Å². The van der Waals surface area contributed by atoms with Crippen LogP contribution in [0.4, 0.5) is 0 Å². The zero-order valence-electron chi connectivity index (χ0n) is 14.9. The molecule has 3 fully saturated rings. The zero-order valence-corrected chi connectivity index (χ0v) is 14.9. The van der Waals surface area contributed by atoms with Gasteiger partial charge in [0.25, 0.3) is 0 Å². The van der Waals surface area contributed by atoms with E-state index in [9.17, 15) is 9.90 Å². The third kappa shape index (κ3) is 2.88. The third-order valence-electron chi connectivity index (χ3n) is 6.65. The maximum atomic E-state index is 12.5. The number of aryl methyl sites for hydroxylation is 1. The molecule has 1 amide bonds. The molecule has 0 unspecified atom stereocenters. The van der Waals surface area contributed by atoms with Crippen LogP contribution in [-0.2, 0) is 4.79 Å². The van der Waals surface area contributed by atoms with E-state index in [1.165, 1.54) is 36.8 Å². The fourth-order valence-electron chi connectivity index (χ4n) is 5.16. The molecule has 3 heteroatoms. The summed E-state index contributed by atoms with van der Waals surface area (Å²) in [5.74, 6) is 1.05. The maximum absolute atomic E-state index is 12.5. The minimum Gasteiger partial charge on any atom is -0.390 e. The van der Waals surface area contributed by atoms with Gasteiger partial charge in [0.1, 0.15) is 0 Å². The van der Waals surface area contributed by atoms with Gasteiger partial charge < -0.3 is 10.0 Å². The van der Waals surface area contributed by atoms with Crippen molar-refractivity contribution < 1.29 is 9.90 Å². The Morgan fingerprint density at radius 3 is 2.46 bits per heavy atom. The van der Waals surface area contributed by atoms with Crippen LogP contribution in [0.2, 0.25) is 0 Å². The number of carbonyl (C=O) groups excluding carboxylic acids is 1. The summed E-state index contributed by atoms with van der Waals surface area (Å²) < 4.78 is 0. The molecule has 24 heavy (non-hydrogen) atoms. The van der Waals surface area contributed by atoms with E-state index in [2.05, 4.69) is 31.2 Å². The molecule has 0 bridgehead atoms. The summed E-state index contributed by atoms with van der Waals surface area (Å²) in [6.45, 7) is 5.90. The number of rotatable bonds is 2. The minimum atomic E-state index is -0.602. The highest BCUT2D eigenvalue weighted by atomic mass is 16.3. The van der Waals surface area contributed by atoms with Crippen LogP contribution < -0.4 is 0 Å². The van der Waals surface area contributed by atoms with E-state index in [0.29, 0.717) is 24.2 Å². The molecule has 1 aliphatic heterocycles. The normalized spacial score (nSPS) is 32.3. The van der Waals surface area contributed by atoms with Crippen molar-refractivity contribution in [2.24, 2.45) is 11.3 Å². The van der Waals surface area contributed by atoms with Crippen LogP contribution in [0, 0.1) is 18.3 Å². The Labute approximate surface area is 145 Å². The largest absolute Gasteiger partial charge is 0.390 e. The average Bonchev–Trinajstić information content (AvgIpc) is 2.50. The van der Waals surface area contributed by atoms with E-state index in [-0.39, 0.29) is 11.8 Å². The van der Waals surface area contributed by atoms with Crippen molar-refractivity contribution >= 4 is 5.91 Å². The molecule has 1 spiro atoms. The van der Waals surface area contributed by atoms with Gasteiger partial charge in [0, 0.05) is 24.4 Å². The predicted molar refractivity (Wildman–Crippen MR) is 94.7 cm³/mol. The van der Waals surface area contributed by atoms with Crippen molar-refractivity contribution in [2.75, 3.05) is 13.1 Å². The van der Waals surface area contributed by atoms with Gasteiger partial charge in [-0.15, -0.1) is 0 Å². The van der Waals surface area contributed by atoms with Crippen molar-refractivity contribution in [3.8, 4) is 0 Å². The molecule has 1 saturated heterocycles. The number of aliphatic hydroxyl groups is 1. The molecule has 2 saturated carbocycles. The Balaban J connectivity index is 1.29.